The van der Waals surface area contributed by atoms with E-state index in [0.29, 0.717) is 23.2 Å². The van der Waals surface area contributed by atoms with Crippen molar-refractivity contribution >= 4 is 5.97 Å². The van der Waals surface area contributed by atoms with Gasteiger partial charge in [-0.05, 0) is 54.8 Å². The minimum absolute atomic E-state index is 0.355. The molecule has 0 aromatic carbocycles. The highest BCUT2D eigenvalue weighted by Gasteiger charge is 2.51. The molecule has 2 nitrogen and oxygen atoms in total. The van der Waals surface area contributed by atoms with Gasteiger partial charge >= 0.3 is 5.97 Å². The zero-order chi connectivity index (χ0) is 13.4. The normalized spacial score (nSPS) is 39.1. The van der Waals surface area contributed by atoms with Crippen LogP contribution in [-0.4, -0.2) is 11.1 Å². The van der Waals surface area contributed by atoms with Gasteiger partial charge in [0, 0.05) is 6.42 Å². The van der Waals surface area contributed by atoms with Gasteiger partial charge in [0.1, 0.15) is 0 Å². The lowest BCUT2D eigenvalue weighted by atomic mass is 9.48. The second-order valence-electron chi connectivity index (χ2n) is 7.46. The van der Waals surface area contributed by atoms with Crippen LogP contribution in [0.2, 0.25) is 0 Å². The number of hydrogen-bond donors (Lipinski definition) is 1. The summed E-state index contributed by atoms with van der Waals surface area (Å²) in [6.07, 6.45) is 9.12. The molecule has 0 saturated heterocycles. The van der Waals surface area contributed by atoms with Gasteiger partial charge in [-0.2, -0.15) is 0 Å². The third-order valence-corrected chi connectivity index (χ3v) is 5.96. The summed E-state index contributed by atoms with van der Waals surface area (Å²) in [4.78, 5) is 10.8. The second kappa shape index (κ2) is 4.86. The van der Waals surface area contributed by atoms with Crippen molar-refractivity contribution in [3.05, 3.63) is 0 Å². The molecule has 3 atom stereocenters. The van der Waals surface area contributed by atoms with E-state index in [0.717, 1.165) is 12.3 Å². The Bertz CT molecular complexity index is 321. The average molecular weight is 252 g/mol. The van der Waals surface area contributed by atoms with Crippen molar-refractivity contribution in [2.24, 2.45) is 22.7 Å². The first kappa shape index (κ1) is 13.9. The van der Waals surface area contributed by atoms with E-state index in [1.54, 1.807) is 0 Å². The molecule has 2 rings (SSSR count). The number of carboxylic acid groups (broad SMARTS) is 1. The third kappa shape index (κ3) is 2.44. The molecule has 2 aliphatic rings. The summed E-state index contributed by atoms with van der Waals surface area (Å²) in [7, 11) is 0. The number of fused-ring (bicyclic) bond motifs is 1. The van der Waals surface area contributed by atoms with Gasteiger partial charge in [-0.15, -0.1) is 0 Å². The Morgan fingerprint density at radius 1 is 1.17 bits per heavy atom. The minimum atomic E-state index is -0.629. The zero-order valence-corrected chi connectivity index (χ0v) is 12.2. The van der Waals surface area contributed by atoms with Crippen molar-refractivity contribution in [2.45, 2.75) is 72.1 Å². The zero-order valence-electron chi connectivity index (χ0n) is 12.2. The Balaban J connectivity index is 2.14. The molecule has 0 aromatic rings. The van der Waals surface area contributed by atoms with Gasteiger partial charge in [-0.25, -0.2) is 0 Å². The Kier molecular flexibility index (Phi) is 3.75. The van der Waals surface area contributed by atoms with Crippen LogP contribution in [0.1, 0.15) is 72.1 Å². The van der Waals surface area contributed by atoms with E-state index in [2.05, 4.69) is 20.8 Å². The van der Waals surface area contributed by atoms with E-state index in [1.807, 2.05) is 0 Å². The molecular weight excluding hydrogens is 224 g/mol. The van der Waals surface area contributed by atoms with Crippen molar-refractivity contribution in [3.63, 3.8) is 0 Å². The predicted molar refractivity (Wildman–Crippen MR) is 73.4 cm³/mol. The first-order valence-electron chi connectivity index (χ1n) is 7.58. The molecule has 2 fully saturated rings. The average Bonchev–Trinajstić information content (AvgIpc) is 2.25. The van der Waals surface area contributed by atoms with E-state index < -0.39 is 5.97 Å². The maximum atomic E-state index is 10.8. The van der Waals surface area contributed by atoms with E-state index in [-0.39, 0.29) is 0 Å². The van der Waals surface area contributed by atoms with E-state index >= 15 is 0 Å². The molecule has 0 aliphatic heterocycles. The first-order valence-corrected chi connectivity index (χ1v) is 7.58. The molecule has 2 saturated carbocycles. The van der Waals surface area contributed by atoms with Crippen LogP contribution in [0, 0.1) is 22.7 Å². The Hall–Kier alpha value is -0.530. The van der Waals surface area contributed by atoms with Crippen molar-refractivity contribution in [3.8, 4) is 0 Å². The second-order valence-corrected chi connectivity index (χ2v) is 7.46. The summed E-state index contributed by atoms with van der Waals surface area (Å²) in [6, 6.07) is 0. The maximum absolute atomic E-state index is 10.8. The van der Waals surface area contributed by atoms with Gasteiger partial charge in [0.25, 0.3) is 0 Å². The van der Waals surface area contributed by atoms with Crippen LogP contribution in [0.15, 0.2) is 0 Å². The molecule has 0 aromatic heterocycles. The number of rotatable bonds is 3. The Morgan fingerprint density at radius 2 is 1.89 bits per heavy atom. The monoisotopic (exact) mass is 252 g/mol. The molecule has 0 heterocycles. The van der Waals surface area contributed by atoms with Crippen LogP contribution >= 0.6 is 0 Å². The topological polar surface area (TPSA) is 37.3 Å². The highest BCUT2D eigenvalue weighted by Crippen LogP contribution is 2.60. The summed E-state index contributed by atoms with van der Waals surface area (Å²) in [5.41, 5.74) is 0.852. The first-order chi connectivity index (χ1) is 8.36. The molecule has 0 radical (unpaired) electrons. The third-order valence-electron chi connectivity index (χ3n) is 5.96. The fourth-order valence-electron chi connectivity index (χ4n) is 5.04. The van der Waals surface area contributed by atoms with Gasteiger partial charge in [-0.3, -0.25) is 4.79 Å². The van der Waals surface area contributed by atoms with Crippen molar-refractivity contribution in [2.75, 3.05) is 0 Å². The Morgan fingerprint density at radius 3 is 2.56 bits per heavy atom. The quantitative estimate of drug-likeness (QED) is 0.804. The number of carboxylic acids is 1. The lowest BCUT2D eigenvalue weighted by Crippen LogP contribution is -2.48. The maximum Gasteiger partial charge on any atom is 0.303 e. The molecule has 18 heavy (non-hydrogen) atoms. The molecule has 2 aliphatic carbocycles. The van der Waals surface area contributed by atoms with Crippen LogP contribution in [0.3, 0.4) is 0 Å². The number of carbonyl (C=O) groups is 1. The Labute approximate surface area is 111 Å². The van der Waals surface area contributed by atoms with Crippen LogP contribution in [0.4, 0.5) is 0 Å². The number of hydrogen-bond acceptors (Lipinski definition) is 1. The molecule has 2 heteroatoms. The van der Waals surface area contributed by atoms with Crippen LogP contribution in [0.5, 0.6) is 0 Å². The standard InChI is InChI=1S/C16H28O2/c1-15(2)10-5-11-16(3)12(8-9-14(17)18)6-4-7-13(15)16/h12-13H,4-11H2,1-3H3,(H,17,18)/t12-,13+,16-/m0/s1. The fourth-order valence-corrected chi connectivity index (χ4v) is 5.04. The summed E-state index contributed by atoms with van der Waals surface area (Å²) in [6.45, 7) is 7.30. The highest BCUT2D eigenvalue weighted by atomic mass is 16.4. The SMILES string of the molecule is CC1(C)CCC[C@@]2(C)[C@H](CCC(=O)O)CCC[C@H]12. The fraction of sp³-hybridized carbons (Fsp3) is 0.938. The molecule has 0 bridgehead atoms. The molecule has 0 unspecified atom stereocenters. The highest BCUT2D eigenvalue weighted by molar-refractivity contribution is 5.66. The molecule has 0 spiro atoms. The molecule has 104 valence electrons. The van der Waals surface area contributed by atoms with Crippen molar-refractivity contribution in [1.82, 2.24) is 0 Å². The lowest BCUT2D eigenvalue weighted by molar-refractivity contribution is -0.138. The van der Waals surface area contributed by atoms with Crippen molar-refractivity contribution < 1.29 is 9.90 Å². The largest absolute Gasteiger partial charge is 0.481 e. The summed E-state index contributed by atoms with van der Waals surface area (Å²) >= 11 is 0. The predicted octanol–water partition coefficient (Wildman–Crippen LogP) is 4.48. The summed E-state index contributed by atoms with van der Waals surface area (Å²) in [5.74, 6) is 0.800. The van der Waals surface area contributed by atoms with Crippen LogP contribution in [0.25, 0.3) is 0 Å². The molecule has 0 amide bonds. The molecule has 1 N–H and O–H groups in total. The summed E-state index contributed by atoms with van der Waals surface area (Å²) in [5, 5.41) is 8.93. The van der Waals surface area contributed by atoms with Crippen LogP contribution < -0.4 is 0 Å². The van der Waals surface area contributed by atoms with Gasteiger partial charge in [0.05, 0.1) is 0 Å². The van der Waals surface area contributed by atoms with Gasteiger partial charge in [0.2, 0.25) is 0 Å². The van der Waals surface area contributed by atoms with Gasteiger partial charge in [0.15, 0.2) is 0 Å². The number of aliphatic carboxylic acids is 1. The van der Waals surface area contributed by atoms with Gasteiger partial charge in [-0.1, -0.05) is 33.6 Å². The van der Waals surface area contributed by atoms with E-state index in [9.17, 15) is 4.79 Å². The molecular formula is C16H28O2. The van der Waals surface area contributed by atoms with Crippen LogP contribution in [-0.2, 0) is 4.79 Å². The van der Waals surface area contributed by atoms with E-state index in [1.165, 1.54) is 38.5 Å². The van der Waals surface area contributed by atoms with E-state index in [4.69, 9.17) is 5.11 Å². The lowest BCUT2D eigenvalue weighted by Gasteiger charge is -2.57. The summed E-state index contributed by atoms with van der Waals surface area (Å²) < 4.78 is 0. The smallest absolute Gasteiger partial charge is 0.303 e. The minimum Gasteiger partial charge on any atom is -0.481 e. The van der Waals surface area contributed by atoms with Crippen molar-refractivity contribution in [1.29, 1.82) is 0 Å². The van der Waals surface area contributed by atoms with Gasteiger partial charge < -0.3 is 5.11 Å².